The van der Waals surface area contributed by atoms with E-state index in [0.29, 0.717) is 22.6 Å². The fraction of sp³-hybridized carbons (Fsp3) is 0.216. The third-order valence-corrected chi connectivity index (χ3v) is 9.39. The number of ketones is 2. The summed E-state index contributed by atoms with van der Waals surface area (Å²) in [6.07, 6.45) is 2.08. The topological polar surface area (TPSA) is 75.7 Å². The molecule has 3 heterocycles. The summed E-state index contributed by atoms with van der Waals surface area (Å²) in [6, 6.07) is 26.6. The second-order valence-corrected chi connectivity index (χ2v) is 11.8. The number of hydrogen-bond donors (Lipinski definition) is 1. The second-order valence-electron chi connectivity index (χ2n) is 11.8. The summed E-state index contributed by atoms with van der Waals surface area (Å²) >= 11 is 0. The molecular formula is C37H32N2O4. The van der Waals surface area contributed by atoms with Gasteiger partial charge in [0.05, 0.1) is 19.1 Å². The molecule has 0 aliphatic carbocycles. The third-order valence-electron chi connectivity index (χ3n) is 9.39. The molecule has 4 aromatic carbocycles. The second kappa shape index (κ2) is 9.80. The van der Waals surface area contributed by atoms with Crippen LogP contribution < -0.4 is 15.0 Å². The molecule has 4 atom stereocenters. The lowest BCUT2D eigenvalue weighted by atomic mass is 9.64. The number of carbonyl (C=O) groups is 3. The number of hydrogen-bond acceptors (Lipinski definition) is 5. The summed E-state index contributed by atoms with van der Waals surface area (Å²) in [6.45, 7) is 6.05. The first-order valence-electron chi connectivity index (χ1n) is 14.5. The maximum atomic E-state index is 14.9. The Morgan fingerprint density at radius 2 is 1.47 bits per heavy atom. The van der Waals surface area contributed by atoms with Crippen LogP contribution in [0.4, 0.5) is 11.4 Å². The molecule has 43 heavy (non-hydrogen) atoms. The van der Waals surface area contributed by atoms with Crippen LogP contribution >= 0.6 is 0 Å². The number of nitrogens with zero attached hydrogens (tertiary/aromatic N) is 1. The highest BCUT2D eigenvalue weighted by Gasteiger charge is 2.70. The molecule has 1 fully saturated rings. The Morgan fingerprint density at radius 3 is 2.19 bits per heavy atom. The summed E-state index contributed by atoms with van der Waals surface area (Å²) < 4.78 is 5.35. The minimum Gasteiger partial charge on any atom is -0.497 e. The van der Waals surface area contributed by atoms with Crippen LogP contribution in [0.3, 0.4) is 0 Å². The first-order valence-corrected chi connectivity index (χ1v) is 14.5. The van der Waals surface area contributed by atoms with Crippen molar-refractivity contribution in [3.8, 4) is 5.75 Å². The molecule has 3 aliphatic rings. The molecule has 4 unspecified atom stereocenters. The minimum atomic E-state index is -1.34. The maximum absolute atomic E-state index is 14.9. The highest BCUT2D eigenvalue weighted by Crippen LogP contribution is 2.59. The van der Waals surface area contributed by atoms with Gasteiger partial charge in [0.15, 0.2) is 11.6 Å². The van der Waals surface area contributed by atoms with Gasteiger partial charge in [0.25, 0.3) is 0 Å². The number of ether oxygens (including phenoxy) is 1. The minimum absolute atomic E-state index is 0.189. The van der Waals surface area contributed by atoms with Crippen molar-refractivity contribution >= 4 is 34.4 Å². The van der Waals surface area contributed by atoms with Crippen molar-refractivity contribution < 1.29 is 19.1 Å². The molecule has 0 aromatic heterocycles. The Morgan fingerprint density at radius 1 is 0.814 bits per heavy atom. The molecule has 0 radical (unpaired) electrons. The van der Waals surface area contributed by atoms with Crippen LogP contribution in [-0.4, -0.2) is 36.7 Å². The summed E-state index contributed by atoms with van der Waals surface area (Å²) in [4.78, 5) is 46.3. The van der Waals surface area contributed by atoms with E-state index in [-0.39, 0.29) is 17.5 Å². The van der Waals surface area contributed by atoms with Crippen molar-refractivity contribution in [1.82, 2.24) is 0 Å². The predicted octanol–water partition coefficient (Wildman–Crippen LogP) is 6.56. The van der Waals surface area contributed by atoms with Crippen LogP contribution in [0.5, 0.6) is 5.75 Å². The Hall–Kier alpha value is -4.97. The highest BCUT2D eigenvalue weighted by molar-refractivity contribution is 6.18. The quantitative estimate of drug-likeness (QED) is 0.276. The Labute approximate surface area is 251 Å². The number of Topliss-reactive ketones (excluding diaryl/α,β-unsaturated/α-hetero) is 2. The molecule has 1 spiro atoms. The molecule has 0 saturated carbocycles. The zero-order valence-electron chi connectivity index (χ0n) is 24.5. The van der Waals surface area contributed by atoms with Crippen LogP contribution in [0.2, 0.25) is 0 Å². The van der Waals surface area contributed by atoms with E-state index in [9.17, 15) is 14.4 Å². The van der Waals surface area contributed by atoms with E-state index in [1.807, 2.05) is 81.4 Å². The van der Waals surface area contributed by atoms with Crippen molar-refractivity contribution in [1.29, 1.82) is 0 Å². The van der Waals surface area contributed by atoms with E-state index in [1.54, 1.807) is 31.4 Å². The monoisotopic (exact) mass is 568 g/mol. The van der Waals surface area contributed by atoms with Crippen molar-refractivity contribution in [3.05, 3.63) is 130 Å². The van der Waals surface area contributed by atoms with E-state index in [1.165, 1.54) is 0 Å². The van der Waals surface area contributed by atoms with Crippen molar-refractivity contribution in [2.45, 2.75) is 38.3 Å². The number of allylic oxidation sites excluding steroid dienone is 1. The molecule has 3 aliphatic heterocycles. The zero-order valence-corrected chi connectivity index (χ0v) is 24.5. The van der Waals surface area contributed by atoms with Gasteiger partial charge in [0, 0.05) is 28.1 Å². The molecular weight excluding hydrogens is 536 g/mol. The highest BCUT2D eigenvalue weighted by atomic mass is 16.5. The van der Waals surface area contributed by atoms with Crippen molar-refractivity contribution in [2.24, 2.45) is 5.92 Å². The standard InChI is InChI=1S/C37H32N2O4/c1-21-9-12-25(13-10-21)35(41)33-32(34(40)24-14-16-26(43-4)17-15-24)37(28-7-5-6-8-29(28)38-36(37)42)31-20-23(3)27-19-22(2)11-18-30(27)39(31)33/h5-20,31-33H,1-4H3,(H,38,42). The fourth-order valence-corrected chi connectivity index (χ4v) is 7.37. The summed E-state index contributed by atoms with van der Waals surface area (Å²) in [5.74, 6) is -1.11. The Bertz CT molecular complexity index is 1840. The molecule has 4 aromatic rings. The van der Waals surface area contributed by atoms with Gasteiger partial charge >= 0.3 is 0 Å². The third kappa shape index (κ3) is 3.82. The largest absolute Gasteiger partial charge is 0.497 e. The number of benzene rings is 4. The average Bonchev–Trinajstić information content (AvgIpc) is 3.49. The molecule has 6 nitrogen and oxygen atoms in total. The number of carbonyl (C=O) groups excluding carboxylic acids is 3. The molecule has 6 heteroatoms. The smallest absolute Gasteiger partial charge is 0.238 e. The van der Waals surface area contributed by atoms with E-state index < -0.39 is 23.4 Å². The first-order chi connectivity index (χ1) is 20.7. The normalized spacial score (nSPS) is 23.3. The molecule has 1 saturated heterocycles. The van der Waals surface area contributed by atoms with Gasteiger partial charge in [0.1, 0.15) is 17.2 Å². The van der Waals surface area contributed by atoms with E-state index in [0.717, 1.165) is 33.5 Å². The number of nitrogens with one attached hydrogen (secondary N) is 1. The summed E-state index contributed by atoms with van der Waals surface area (Å²) in [7, 11) is 1.57. The fourth-order valence-electron chi connectivity index (χ4n) is 7.37. The number of rotatable bonds is 5. The Kier molecular flexibility index (Phi) is 6.13. The van der Waals surface area contributed by atoms with Gasteiger partial charge < -0.3 is 15.0 Å². The average molecular weight is 569 g/mol. The predicted molar refractivity (Wildman–Crippen MR) is 168 cm³/mol. The number of anilines is 2. The molecule has 0 bridgehead atoms. The molecule has 214 valence electrons. The van der Waals surface area contributed by atoms with Gasteiger partial charge in [0.2, 0.25) is 5.91 Å². The first kappa shape index (κ1) is 26.9. The van der Waals surface area contributed by atoms with E-state index >= 15 is 0 Å². The number of fused-ring (bicyclic) bond motifs is 6. The van der Waals surface area contributed by atoms with Crippen LogP contribution in [0.1, 0.15) is 49.9 Å². The van der Waals surface area contributed by atoms with Gasteiger partial charge in [-0.2, -0.15) is 0 Å². The lowest BCUT2D eigenvalue weighted by molar-refractivity contribution is -0.121. The lowest BCUT2D eigenvalue weighted by Gasteiger charge is -2.39. The summed E-state index contributed by atoms with van der Waals surface area (Å²) in [5, 5.41) is 3.09. The van der Waals surface area contributed by atoms with Crippen LogP contribution in [0.15, 0.2) is 97.1 Å². The van der Waals surface area contributed by atoms with Crippen LogP contribution in [-0.2, 0) is 10.2 Å². The Balaban J connectivity index is 1.54. The maximum Gasteiger partial charge on any atom is 0.238 e. The van der Waals surface area contributed by atoms with Gasteiger partial charge in [-0.1, -0.05) is 65.7 Å². The van der Waals surface area contributed by atoms with E-state index in [2.05, 4.69) is 22.4 Å². The van der Waals surface area contributed by atoms with Gasteiger partial charge in [-0.25, -0.2) is 0 Å². The van der Waals surface area contributed by atoms with Crippen molar-refractivity contribution in [2.75, 3.05) is 17.3 Å². The van der Waals surface area contributed by atoms with Gasteiger partial charge in [-0.05, 0) is 74.4 Å². The van der Waals surface area contributed by atoms with Crippen molar-refractivity contribution in [3.63, 3.8) is 0 Å². The molecule has 1 amide bonds. The number of methoxy groups -OCH3 is 1. The molecule has 7 rings (SSSR count). The molecule has 1 N–H and O–H groups in total. The SMILES string of the molecule is COc1ccc(C(=O)C2C(C(=O)c3ccc(C)cc3)N3c4ccc(C)cc4C(C)=CC3C23C(=O)Nc2ccccc23)cc1. The summed E-state index contributed by atoms with van der Waals surface area (Å²) in [5.41, 5.74) is 5.97. The van der Waals surface area contributed by atoms with Gasteiger partial charge in [-0.3, -0.25) is 14.4 Å². The van der Waals surface area contributed by atoms with Crippen LogP contribution in [0.25, 0.3) is 5.57 Å². The van der Waals surface area contributed by atoms with Crippen LogP contribution in [0, 0.1) is 19.8 Å². The van der Waals surface area contributed by atoms with Gasteiger partial charge in [-0.15, -0.1) is 0 Å². The number of amides is 1. The lowest BCUT2D eigenvalue weighted by Crippen LogP contribution is -2.51. The number of para-hydroxylation sites is 1. The van der Waals surface area contributed by atoms with E-state index in [4.69, 9.17) is 4.74 Å². The number of aryl methyl sites for hydroxylation is 2. The zero-order chi connectivity index (χ0) is 30.0.